The second-order valence-corrected chi connectivity index (χ2v) is 3.67. The van der Waals surface area contributed by atoms with Gasteiger partial charge in [-0.25, -0.2) is 8.78 Å². The van der Waals surface area contributed by atoms with E-state index in [1.807, 2.05) is 0 Å². The molecule has 1 aromatic rings. The molecule has 1 atom stereocenters. The number of rotatable bonds is 1. The fourth-order valence-corrected chi connectivity index (χ4v) is 1.90. The van der Waals surface area contributed by atoms with E-state index in [2.05, 4.69) is 5.32 Å². The van der Waals surface area contributed by atoms with E-state index in [4.69, 9.17) is 0 Å². The van der Waals surface area contributed by atoms with Crippen molar-refractivity contribution in [3.05, 3.63) is 35.4 Å². The second-order valence-electron chi connectivity index (χ2n) is 3.67. The highest BCUT2D eigenvalue weighted by molar-refractivity contribution is 5.22. The average Bonchev–Trinajstić information content (AvgIpc) is 2.19. The SMILES string of the molecule is Fc1ccc(C2CCCCN2)c(F)c1. The number of nitrogens with one attached hydrogen (secondary N) is 1. The molecular formula is C11H13F2N. The molecule has 1 aromatic carbocycles. The van der Waals surface area contributed by atoms with Gasteiger partial charge >= 0.3 is 0 Å². The molecule has 0 radical (unpaired) electrons. The monoisotopic (exact) mass is 197 g/mol. The summed E-state index contributed by atoms with van der Waals surface area (Å²) in [5, 5.41) is 3.23. The van der Waals surface area contributed by atoms with Gasteiger partial charge in [-0.1, -0.05) is 12.5 Å². The minimum Gasteiger partial charge on any atom is -0.310 e. The normalized spacial score (nSPS) is 22.3. The Morgan fingerprint density at radius 1 is 1.21 bits per heavy atom. The summed E-state index contributed by atoms with van der Waals surface area (Å²) in [7, 11) is 0. The van der Waals surface area contributed by atoms with E-state index in [0.29, 0.717) is 5.56 Å². The van der Waals surface area contributed by atoms with Crippen LogP contribution in [0.1, 0.15) is 30.9 Å². The van der Waals surface area contributed by atoms with Crippen molar-refractivity contribution in [3.63, 3.8) is 0 Å². The number of hydrogen-bond donors (Lipinski definition) is 1. The topological polar surface area (TPSA) is 12.0 Å². The van der Waals surface area contributed by atoms with Crippen LogP contribution in [0.4, 0.5) is 8.78 Å². The molecule has 1 unspecified atom stereocenters. The van der Waals surface area contributed by atoms with Gasteiger partial charge in [-0.15, -0.1) is 0 Å². The highest BCUT2D eigenvalue weighted by Crippen LogP contribution is 2.25. The van der Waals surface area contributed by atoms with E-state index in [1.54, 1.807) is 0 Å². The molecule has 0 aliphatic carbocycles. The van der Waals surface area contributed by atoms with Crippen LogP contribution in [-0.4, -0.2) is 6.54 Å². The lowest BCUT2D eigenvalue weighted by Crippen LogP contribution is -2.27. The largest absolute Gasteiger partial charge is 0.310 e. The molecule has 0 bridgehead atoms. The lowest BCUT2D eigenvalue weighted by molar-refractivity contribution is 0.398. The Hall–Kier alpha value is -0.960. The Balaban J connectivity index is 2.22. The van der Waals surface area contributed by atoms with Gasteiger partial charge in [0.05, 0.1) is 0 Å². The Labute approximate surface area is 82.1 Å². The molecule has 1 nitrogen and oxygen atoms in total. The minimum atomic E-state index is -0.512. The van der Waals surface area contributed by atoms with E-state index in [1.165, 1.54) is 12.1 Å². The van der Waals surface area contributed by atoms with Crippen LogP contribution in [0.5, 0.6) is 0 Å². The molecule has 0 amide bonds. The van der Waals surface area contributed by atoms with E-state index in [-0.39, 0.29) is 6.04 Å². The molecular weight excluding hydrogens is 184 g/mol. The quantitative estimate of drug-likeness (QED) is 0.730. The molecule has 0 aromatic heterocycles. The maximum absolute atomic E-state index is 13.4. The smallest absolute Gasteiger partial charge is 0.130 e. The summed E-state index contributed by atoms with van der Waals surface area (Å²) in [5.74, 6) is -0.952. The molecule has 1 saturated heterocycles. The fourth-order valence-electron chi connectivity index (χ4n) is 1.90. The Morgan fingerprint density at radius 2 is 2.07 bits per heavy atom. The van der Waals surface area contributed by atoms with Crippen LogP contribution in [-0.2, 0) is 0 Å². The van der Waals surface area contributed by atoms with E-state index in [9.17, 15) is 8.78 Å². The Kier molecular flexibility index (Phi) is 2.77. The maximum atomic E-state index is 13.4. The molecule has 0 saturated carbocycles. The third-order valence-electron chi connectivity index (χ3n) is 2.65. The Bertz CT molecular complexity index is 319. The van der Waals surface area contributed by atoms with Crippen LogP contribution >= 0.6 is 0 Å². The third-order valence-corrected chi connectivity index (χ3v) is 2.65. The standard InChI is InChI=1S/C11H13F2N/c12-8-4-5-9(10(13)7-8)11-3-1-2-6-14-11/h4-5,7,11,14H,1-3,6H2. The lowest BCUT2D eigenvalue weighted by Gasteiger charge is -2.24. The van der Waals surface area contributed by atoms with E-state index < -0.39 is 11.6 Å². The third kappa shape index (κ3) is 1.93. The molecule has 0 spiro atoms. The molecule has 1 fully saturated rings. The number of hydrogen-bond acceptors (Lipinski definition) is 1. The number of benzene rings is 1. The predicted octanol–water partition coefficient (Wildman–Crippen LogP) is 2.78. The van der Waals surface area contributed by atoms with Crippen molar-refractivity contribution in [3.8, 4) is 0 Å². The van der Waals surface area contributed by atoms with Crippen molar-refractivity contribution in [1.82, 2.24) is 5.32 Å². The van der Waals surface area contributed by atoms with Gasteiger partial charge in [0.25, 0.3) is 0 Å². The first kappa shape index (κ1) is 9.59. The summed E-state index contributed by atoms with van der Waals surface area (Å²) in [6, 6.07) is 3.86. The summed E-state index contributed by atoms with van der Waals surface area (Å²) in [6.45, 7) is 0.918. The van der Waals surface area contributed by atoms with Gasteiger partial charge in [0.1, 0.15) is 11.6 Å². The molecule has 3 heteroatoms. The van der Waals surface area contributed by atoms with Gasteiger partial charge < -0.3 is 5.32 Å². The van der Waals surface area contributed by atoms with Crippen LogP contribution in [0.3, 0.4) is 0 Å². The molecule has 1 N–H and O–H groups in total. The number of piperidine rings is 1. The zero-order chi connectivity index (χ0) is 9.97. The van der Waals surface area contributed by atoms with Gasteiger partial charge in [0.2, 0.25) is 0 Å². The zero-order valence-electron chi connectivity index (χ0n) is 7.89. The van der Waals surface area contributed by atoms with Crippen molar-refractivity contribution in [2.75, 3.05) is 6.54 Å². The zero-order valence-corrected chi connectivity index (χ0v) is 7.89. The molecule has 1 aliphatic heterocycles. The summed E-state index contributed by atoms with van der Waals surface area (Å²) in [6.07, 6.45) is 3.18. The van der Waals surface area contributed by atoms with Crippen molar-refractivity contribution in [2.45, 2.75) is 25.3 Å². The van der Waals surface area contributed by atoms with Crippen molar-refractivity contribution in [2.24, 2.45) is 0 Å². The van der Waals surface area contributed by atoms with E-state index in [0.717, 1.165) is 31.9 Å². The molecule has 1 aliphatic rings. The van der Waals surface area contributed by atoms with Gasteiger partial charge in [-0.05, 0) is 25.5 Å². The van der Waals surface area contributed by atoms with Crippen molar-refractivity contribution in [1.29, 1.82) is 0 Å². The fraction of sp³-hybridized carbons (Fsp3) is 0.455. The summed E-state index contributed by atoms with van der Waals surface area (Å²) in [5.41, 5.74) is 0.589. The summed E-state index contributed by atoms with van der Waals surface area (Å²) < 4.78 is 26.0. The predicted molar refractivity (Wildman–Crippen MR) is 51.0 cm³/mol. The minimum absolute atomic E-state index is 0.0596. The highest BCUT2D eigenvalue weighted by Gasteiger charge is 2.17. The van der Waals surface area contributed by atoms with Gasteiger partial charge in [-0.2, -0.15) is 0 Å². The van der Waals surface area contributed by atoms with Gasteiger partial charge in [-0.3, -0.25) is 0 Å². The van der Waals surface area contributed by atoms with Gasteiger partial charge in [0.15, 0.2) is 0 Å². The highest BCUT2D eigenvalue weighted by atomic mass is 19.1. The molecule has 2 rings (SSSR count). The number of halogens is 2. The van der Waals surface area contributed by atoms with Crippen LogP contribution in [0.25, 0.3) is 0 Å². The molecule has 14 heavy (non-hydrogen) atoms. The van der Waals surface area contributed by atoms with Crippen LogP contribution in [0.2, 0.25) is 0 Å². The Morgan fingerprint density at radius 3 is 2.71 bits per heavy atom. The van der Waals surface area contributed by atoms with E-state index >= 15 is 0 Å². The first-order chi connectivity index (χ1) is 6.77. The second kappa shape index (κ2) is 4.05. The molecule has 76 valence electrons. The van der Waals surface area contributed by atoms with Gasteiger partial charge in [0, 0.05) is 17.7 Å². The average molecular weight is 197 g/mol. The van der Waals surface area contributed by atoms with Crippen molar-refractivity contribution < 1.29 is 8.78 Å². The first-order valence-electron chi connectivity index (χ1n) is 4.96. The van der Waals surface area contributed by atoms with Crippen LogP contribution in [0.15, 0.2) is 18.2 Å². The van der Waals surface area contributed by atoms with Crippen LogP contribution in [0, 0.1) is 11.6 Å². The van der Waals surface area contributed by atoms with Crippen LogP contribution < -0.4 is 5.32 Å². The maximum Gasteiger partial charge on any atom is 0.130 e. The van der Waals surface area contributed by atoms with Crippen molar-refractivity contribution >= 4 is 0 Å². The lowest BCUT2D eigenvalue weighted by atomic mass is 9.97. The summed E-state index contributed by atoms with van der Waals surface area (Å²) in [4.78, 5) is 0. The first-order valence-corrected chi connectivity index (χ1v) is 4.96. The molecule has 1 heterocycles. The summed E-state index contributed by atoms with van der Waals surface area (Å²) >= 11 is 0.